The molecule has 2 rings (SSSR count). The van der Waals surface area contributed by atoms with E-state index in [9.17, 15) is 4.79 Å². The first-order chi connectivity index (χ1) is 9.70. The number of aliphatic hydroxyl groups excluding tert-OH is 1. The molecular weight excluding hydrogens is 300 g/mol. The summed E-state index contributed by atoms with van der Waals surface area (Å²) >= 11 is 7.31. The van der Waals surface area contributed by atoms with E-state index >= 15 is 0 Å². The zero-order chi connectivity index (χ0) is 14.4. The van der Waals surface area contributed by atoms with Crippen LogP contribution in [0.1, 0.15) is 0 Å². The molecule has 0 fully saturated rings. The van der Waals surface area contributed by atoms with Crippen LogP contribution in [0.5, 0.6) is 0 Å². The summed E-state index contributed by atoms with van der Waals surface area (Å²) < 4.78 is 1.55. The van der Waals surface area contributed by atoms with Crippen LogP contribution in [0.25, 0.3) is 5.69 Å². The van der Waals surface area contributed by atoms with Crippen molar-refractivity contribution in [2.24, 2.45) is 0 Å². The highest BCUT2D eigenvalue weighted by Crippen LogP contribution is 2.24. The van der Waals surface area contributed by atoms with Gasteiger partial charge in [-0.25, -0.2) is 9.67 Å². The van der Waals surface area contributed by atoms with Gasteiger partial charge in [-0.15, -0.1) is 11.8 Å². The fraction of sp³-hybridized carbons (Fsp3) is 0.250. The molecule has 0 aliphatic carbocycles. The van der Waals surface area contributed by atoms with Gasteiger partial charge in [0.1, 0.15) is 12.7 Å². The maximum atomic E-state index is 11.8. The zero-order valence-electron chi connectivity index (χ0n) is 10.5. The molecule has 0 bridgehead atoms. The Bertz CT molecular complexity index is 577. The Hall–Kier alpha value is -1.57. The molecule has 0 radical (unpaired) electrons. The second kappa shape index (κ2) is 7.28. The van der Waals surface area contributed by atoms with E-state index in [1.165, 1.54) is 18.1 Å². The number of aromatic nitrogens is 3. The van der Waals surface area contributed by atoms with E-state index in [1.807, 2.05) is 0 Å². The maximum Gasteiger partial charge on any atom is 0.234 e. The fourth-order valence-electron chi connectivity index (χ4n) is 1.56. The highest BCUT2D eigenvalue weighted by atomic mass is 35.5. The van der Waals surface area contributed by atoms with E-state index in [0.717, 1.165) is 0 Å². The van der Waals surface area contributed by atoms with Crippen molar-refractivity contribution in [2.75, 3.05) is 23.4 Å². The van der Waals surface area contributed by atoms with Gasteiger partial charge < -0.3 is 10.4 Å². The van der Waals surface area contributed by atoms with Gasteiger partial charge in [0.25, 0.3) is 0 Å². The van der Waals surface area contributed by atoms with Crippen molar-refractivity contribution in [3.05, 3.63) is 35.9 Å². The van der Waals surface area contributed by atoms with Crippen molar-refractivity contribution >= 4 is 35.0 Å². The van der Waals surface area contributed by atoms with Crippen molar-refractivity contribution in [3.8, 4) is 5.69 Å². The van der Waals surface area contributed by atoms with Crippen molar-refractivity contribution < 1.29 is 9.90 Å². The Morgan fingerprint density at radius 3 is 3.05 bits per heavy atom. The number of amides is 1. The third-order valence-corrected chi connectivity index (χ3v) is 3.54. The number of nitrogens with zero attached hydrogens (tertiary/aromatic N) is 3. The van der Waals surface area contributed by atoms with Crippen LogP contribution in [0.2, 0.25) is 5.02 Å². The van der Waals surface area contributed by atoms with Crippen LogP contribution in [-0.2, 0) is 4.79 Å². The second-order valence-corrected chi connectivity index (χ2v) is 5.37. The SMILES string of the molecule is O=C(CSCCO)Nc1cc(Cl)ccc1-n1cncn1. The van der Waals surface area contributed by atoms with E-state index in [1.54, 1.807) is 29.2 Å². The number of hydrogen-bond donors (Lipinski definition) is 2. The third kappa shape index (κ3) is 3.96. The second-order valence-electron chi connectivity index (χ2n) is 3.83. The van der Waals surface area contributed by atoms with E-state index in [4.69, 9.17) is 16.7 Å². The van der Waals surface area contributed by atoms with Crippen LogP contribution in [0, 0.1) is 0 Å². The van der Waals surface area contributed by atoms with Crippen LogP contribution < -0.4 is 5.32 Å². The Morgan fingerprint density at radius 2 is 2.35 bits per heavy atom. The van der Waals surface area contributed by atoms with Gasteiger partial charge in [-0.2, -0.15) is 5.10 Å². The molecule has 1 aromatic carbocycles. The van der Waals surface area contributed by atoms with Crippen LogP contribution in [0.15, 0.2) is 30.9 Å². The van der Waals surface area contributed by atoms with Gasteiger partial charge >= 0.3 is 0 Å². The summed E-state index contributed by atoms with van der Waals surface area (Å²) in [5.74, 6) is 0.634. The number of thioether (sulfide) groups is 1. The molecule has 2 aromatic rings. The lowest BCUT2D eigenvalue weighted by atomic mass is 10.2. The minimum Gasteiger partial charge on any atom is -0.396 e. The first-order valence-electron chi connectivity index (χ1n) is 5.83. The largest absolute Gasteiger partial charge is 0.396 e. The van der Waals surface area contributed by atoms with Gasteiger partial charge in [0, 0.05) is 10.8 Å². The Balaban J connectivity index is 2.14. The van der Waals surface area contributed by atoms with Gasteiger partial charge in [-0.1, -0.05) is 11.6 Å². The number of carbonyl (C=O) groups excluding carboxylic acids is 1. The van der Waals surface area contributed by atoms with Gasteiger partial charge in [-0.3, -0.25) is 4.79 Å². The minimum atomic E-state index is -0.160. The molecule has 1 heterocycles. The number of halogens is 1. The van der Waals surface area contributed by atoms with E-state index in [0.29, 0.717) is 22.2 Å². The first kappa shape index (κ1) is 14.8. The van der Waals surface area contributed by atoms with E-state index < -0.39 is 0 Å². The number of rotatable bonds is 6. The summed E-state index contributed by atoms with van der Waals surface area (Å²) in [5, 5.41) is 16.0. The lowest BCUT2D eigenvalue weighted by molar-refractivity contribution is -0.113. The molecule has 1 aromatic heterocycles. The lowest BCUT2D eigenvalue weighted by Gasteiger charge is -2.11. The summed E-state index contributed by atoms with van der Waals surface area (Å²) in [6.07, 6.45) is 2.96. The minimum absolute atomic E-state index is 0.0549. The monoisotopic (exact) mass is 312 g/mol. The average Bonchev–Trinajstić information content (AvgIpc) is 2.93. The number of carbonyl (C=O) groups is 1. The number of nitrogens with one attached hydrogen (secondary N) is 1. The molecule has 0 atom stereocenters. The molecule has 106 valence electrons. The topological polar surface area (TPSA) is 80.0 Å². The number of anilines is 1. The summed E-state index contributed by atoms with van der Waals surface area (Å²) in [4.78, 5) is 15.7. The molecule has 1 amide bonds. The maximum absolute atomic E-state index is 11.8. The highest BCUT2D eigenvalue weighted by molar-refractivity contribution is 7.99. The predicted octanol–water partition coefficient (Wildman–Crippen LogP) is 1.58. The quantitative estimate of drug-likeness (QED) is 0.792. The molecule has 8 heteroatoms. The Kier molecular flexibility index (Phi) is 5.40. The molecule has 20 heavy (non-hydrogen) atoms. The van der Waals surface area contributed by atoms with Gasteiger partial charge in [0.05, 0.1) is 23.7 Å². The fourth-order valence-corrected chi connectivity index (χ4v) is 2.26. The van der Waals surface area contributed by atoms with Gasteiger partial charge in [-0.05, 0) is 18.2 Å². The van der Waals surface area contributed by atoms with Crippen LogP contribution in [-0.4, -0.2) is 43.9 Å². The normalized spacial score (nSPS) is 10.5. The molecular formula is C12H13ClN4O2S. The first-order valence-corrected chi connectivity index (χ1v) is 7.37. The zero-order valence-corrected chi connectivity index (χ0v) is 12.1. The van der Waals surface area contributed by atoms with Crippen molar-refractivity contribution in [1.29, 1.82) is 0 Å². The predicted molar refractivity (Wildman–Crippen MR) is 79.4 cm³/mol. The number of aliphatic hydroxyl groups is 1. The molecule has 0 aliphatic rings. The molecule has 0 spiro atoms. The third-order valence-electron chi connectivity index (χ3n) is 2.37. The summed E-state index contributed by atoms with van der Waals surface area (Å²) in [6.45, 7) is 0.0549. The highest BCUT2D eigenvalue weighted by Gasteiger charge is 2.10. The summed E-state index contributed by atoms with van der Waals surface area (Å²) in [5.41, 5.74) is 1.25. The number of benzene rings is 1. The molecule has 0 saturated carbocycles. The van der Waals surface area contributed by atoms with Gasteiger partial charge in [0.15, 0.2) is 0 Å². The Morgan fingerprint density at radius 1 is 1.50 bits per heavy atom. The lowest BCUT2D eigenvalue weighted by Crippen LogP contribution is -2.16. The molecule has 2 N–H and O–H groups in total. The number of hydrogen-bond acceptors (Lipinski definition) is 5. The smallest absolute Gasteiger partial charge is 0.234 e. The molecule has 0 unspecified atom stereocenters. The van der Waals surface area contributed by atoms with E-state index in [-0.39, 0.29) is 18.3 Å². The van der Waals surface area contributed by atoms with Crippen molar-refractivity contribution in [1.82, 2.24) is 14.8 Å². The molecule has 0 aliphatic heterocycles. The average molecular weight is 313 g/mol. The summed E-state index contributed by atoms with van der Waals surface area (Å²) in [7, 11) is 0. The molecule has 0 saturated heterocycles. The van der Waals surface area contributed by atoms with Crippen LogP contribution >= 0.6 is 23.4 Å². The van der Waals surface area contributed by atoms with Crippen molar-refractivity contribution in [2.45, 2.75) is 0 Å². The summed E-state index contributed by atoms with van der Waals surface area (Å²) in [6, 6.07) is 5.13. The standard InChI is InChI=1S/C12H13ClN4O2S/c13-9-1-2-11(17-8-14-7-15-17)10(5-9)16-12(19)6-20-4-3-18/h1-2,5,7-8,18H,3-4,6H2,(H,16,19). The molecule has 6 nitrogen and oxygen atoms in total. The van der Waals surface area contributed by atoms with Gasteiger partial charge in [0.2, 0.25) is 5.91 Å². The van der Waals surface area contributed by atoms with Crippen LogP contribution in [0.4, 0.5) is 5.69 Å². The van der Waals surface area contributed by atoms with Crippen LogP contribution in [0.3, 0.4) is 0 Å². The Labute approximate surface area is 125 Å². The van der Waals surface area contributed by atoms with Crippen molar-refractivity contribution in [3.63, 3.8) is 0 Å². The van der Waals surface area contributed by atoms with E-state index in [2.05, 4.69) is 15.4 Å².